The maximum absolute atomic E-state index is 13.0. The van der Waals surface area contributed by atoms with Gasteiger partial charge in [0.25, 0.3) is 5.91 Å². The van der Waals surface area contributed by atoms with E-state index in [1.54, 1.807) is 45.2 Å². The number of alkyl halides is 2. The van der Waals surface area contributed by atoms with E-state index in [0.717, 1.165) is 5.56 Å². The van der Waals surface area contributed by atoms with Crippen molar-refractivity contribution >= 4 is 11.9 Å². The molecule has 0 bridgehead atoms. The fourth-order valence-electron chi connectivity index (χ4n) is 3.29. The van der Waals surface area contributed by atoms with Crippen LogP contribution < -0.4 is 14.8 Å². The van der Waals surface area contributed by atoms with E-state index in [0.29, 0.717) is 11.3 Å². The Hall–Kier alpha value is -3.95. The van der Waals surface area contributed by atoms with Crippen LogP contribution in [0.3, 0.4) is 0 Å². The first-order chi connectivity index (χ1) is 15.7. The van der Waals surface area contributed by atoms with Crippen molar-refractivity contribution in [1.29, 1.82) is 0 Å². The summed E-state index contributed by atoms with van der Waals surface area (Å²) in [5, 5.41) is 16.1. The molecule has 10 heteroatoms. The Bertz CT molecular complexity index is 1150. The first-order valence-corrected chi connectivity index (χ1v) is 10.00. The third-order valence-corrected chi connectivity index (χ3v) is 4.90. The molecule has 0 saturated heterocycles. The molecule has 174 valence electrons. The molecule has 2 aromatic carbocycles. The largest absolute Gasteiger partial charge is 0.478 e. The van der Waals surface area contributed by atoms with E-state index in [2.05, 4.69) is 15.2 Å². The normalized spacial score (nSPS) is 11.8. The molecule has 8 nitrogen and oxygen atoms in total. The number of carboxylic acids is 1. The Morgan fingerprint density at radius 3 is 2.52 bits per heavy atom. The number of carboxylic acid groups (broad SMARTS) is 1. The number of aryl methyl sites for hydroxylation is 2. The molecule has 0 radical (unpaired) electrons. The summed E-state index contributed by atoms with van der Waals surface area (Å²) < 4.78 is 36.5. The summed E-state index contributed by atoms with van der Waals surface area (Å²) in [6, 6.07) is 11.9. The molecule has 0 aliphatic heterocycles. The highest BCUT2D eigenvalue weighted by Crippen LogP contribution is 2.25. The van der Waals surface area contributed by atoms with Crippen LogP contribution in [0, 0.1) is 6.92 Å². The number of nitrogens with zero attached hydrogens (tertiary/aromatic N) is 2. The first-order valence-electron chi connectivity index (χ1n) is 10.00. The van der Waals surface area contributed by atoms with E-state index >= 15 is 0 Å². The summed E-state index contributed by atoms with van der Waals surface area (Å²) >= 11 is 0. The number of nitrogens with one attached hydrogen (secondary N) is 1. The van der Waals surface area contributed by atoms with Crippen molar-refractivity contribution in [2.75, 3.05) is 0 Å². The summed E-state index contributed by atoms with van der Waals surface area (Å²) in [5.74, 6) is -1.22. The van der Waals surface area contributed by atoms with Gasteiger partial charge in [-0.15, -0.1) is 0 Å². The van der Waals surface area contributed by atoms with Gasteiger partial charge in [-0.1, -0.05) is 24.3 Å². The summed E-state index contributed by atoms with van der Waals surface area (Å²) in [5.41, 5.74) is 2.15. The monoisotopic (exact) mass is 459 g/mol. The summed E-state index contributed by atoms with van der Waals surface area (Å²) in [7, 11) is 1.63. The molecule has 0 saturated carbocycles. The van der Waals surface area contributed by atoms with Gasteiger partial charge in [-0.25, -0.2) is 9.48 Å². The lowest BCUT2D eigenvalue weighted by Crippen LogP contribution is -2.27. The van der Waals surface area contributed by atoms with Crippen molar-refractivity contribution in [3.05, 3.63) is 76.5 Å². The minimum absolute atomic E-state index is 0.00585. The predicted octanol–water partition coefficient (Wildman–Crippen LogP) is 4.10. The lowest BCUT2D eigenvalue weighted by molar-refractivity contribution is -0.0499. The van der Waals surface area contributed by atoms with Crippen LogP contribution in [0.5, 0.6) is 11.6 Å². The van der Waals surface area contributed by atoms with Gasteiger partial charge >= 0.3 is 12.6 Å². The number of aromatic carboxylic acids is 1. The van der Waals surface area contributed by atoms with Crippen LogP contribution >= 0.6 is 0 Å². The second-order valence-corrected chi connectivity index (χ2v) is 7.33. The molecule has 0 aliphatic rings. The summed E-state index contributed by atoms with van der Waals surface area (Å²) in [6.07, 6.45) is 0. The van der Waals surface area contributed by atoms with Crippen LogP contribution in [0.25, 0.3) is 0 Å². The Morgan fingerprint density at radius 2 is 1.88 bits per heavy atom. The van der Waals surface area contributed by atoms with Gasteiger partial charge in [-0.3, -0.25) is 4.79 Å². The van der Waals surface area contributed by atoms with Gasteiger partial charge in [-0.2, -0.15) is 13.9 Å². The average molecular weight is 459 g/mol. The Balaban J connectivity index is 1.73. The highest BCUT2D eigenvalue weighted by atomic mass is 19.3. The maximum atomic E-state index is 13.0. The number of rotatable bonds is 9. The third-order valence-electron chi connectivity index (χ3n) is 4.90. The number of hydrogen-bond acceptors (Lipinski definition) is 5. The fraction of sp³-hybridized carbons (Fsp3) is 0.261. The molecule has 1 heterocycles. The fourth-order valence-corrected chi connectivity index (χ4v) is 3.29. The van der Waals surface area contributed by atoms with E-state index in [4.69, 9.17) is 9.84 Å². The molecule has 33 heavy (non-hydrogen) atoms. The summed E-state index contributed by atoms with van der Waals surface area (Å²) in [4.78, 5) is 24.0. The average Bonchev–Trinajstić information content (AvgIpc) is 3.04. The van der Waals surface area contributed by atoms with Crippen LogP contribution in [0.15, 0.2) is 48.5 Å². The SMILES string of the molecule is Cc1nn(C)c(OCc2cccc(OC(F)F)c2)c1C(=O)NC(C)c1ccc(C(=O)O)cc1. The Kier molecular flexibility index (Phi) is 7.27. The van der Waals surface area contributed by atoms with Crippen molar-refractivity contribution in [3.8, 4) is 11.6 Å². The maximum Gasteiger partial charge on any atom is 0.387 e. The number of aromatic nitrogens is 2. The molecule has 0 fully saturated rings. The van der Waals surface area contributed by atoms with Crippen LogP contribution in [-0.2, 0) is 13.7 Å². The van der Waals surface area contributed by atoms with E-state index in [1.165, 1.54) is 28.9 Å². The molecule has 0 aliphatic carbocycles. The number of carbonyl (C=O) groups is 2. The van der Waals surface area contributed by atoms with E-state index in [-0.39, 0.29) is 29.4 Å². The highest BCUT2D eigenvalue weighted by Gasteiger charge is 2.23. The van der Waals surface area contributed by atoms with Crippen LogP contribution in [0.1, 0.15) is 50.5 Å². The summed E-state index contributed by atoms with van der Waals surface area (Å²) in [6.45, 7) is 0.518. The minimum atomic E-state index is -2.93. The smallest absolute Gasteiger partial charge is 0.387 e. The van der Waals surface area contributed by atoms with Crippen LogP contribution in [0.4, 0.5) is 8.78 Å². The first kappa shape index (κ1) is 23.7. The van der Waals surface area contributed by atoms with Crippen molar-refractivity contribution in [2.24, 2.45) is 7.05 Å². The van der Waals surface area contributed by atoms with Gasteiger partial charge in [0.05, 0.1) is 17.3 Å². The van der Waals surface area contributed by atoms with E-state index < -0.39 is 24.5 Å². The van der Waals surface area contributed by atoms with E-state index in [9.17, 15) is 18.4 Å². The number of benzene rings is 2. The highest BCUT2D eigenvalue weighted by molar-refractivity contribution is 5.97. The number of carbonyl (C=O) groups excluding carboxylic acids is 1. The number of ether oxygens (including phenoxy) is 2. The van der Waals surface area contributed by atoms with Gasteiger partial charge in [0.2, 0.25) is 5.88 Å². The number of hydrogen-bond donors (Lipinski definition) is 2. The Morgan fingerprint density at radius 1 is 1.18 bits per heavy atom. The van der Waals surface area contributed by atoms with Gasteiger partial charge in [0.1, 0.15) is 17.9 Å². The molecule has 1 aromatic heterocycles. The zero-order chi connectivity index (χ0) is 24.1. The topological polar surface area (TPSA) is 103 Å². The third kappa shape index (κ3) is 5.85. The minimum Gasteiger partial charge on any atom is -0.478 e. The molecule has 1 unspecified atom stereocenters. The lowest BCUT2D eigenvalue weighted by Gasteiger charge is -2.16. The molecular formula is C23H23F2N3O5. The number of amides is 1. The molecule has 2 N–H and O–H groups in total. The molecule has 1 atom stereocenters. The van der Waals surface area contributed by atoms with Gasteiger partial charge < -0.3 is 19.9 Å². The van der Waals surface area contributed by atoms with Crippen molar-refractivity contribution in [1.82, 2.24) is 15.1 Å². The zero-order valence-corrected chi connectivity index (χ0v) is 18.2. The molecule has 3 rings (SSSR count). The molecule has 3 aromatic rings. The molecule has 1 amide bonds. The van der Waals surface area contributed by atoms with Crippen molar-refractivity contribution in [3.63, 3.8) is 0 Å². The van der Waals surface area contributed by atoms with Gasteiger partial charge in [0.15, 0.2) is 0 Å². The molecule has 0 spiro atoms. The standard InChI is InChI=1S/C23H23F2N3O5/c1-13(16-7-9-17(10-8-16)22(30)31)26-20(29)19-14(2)27-28(3)21(19)32-12-15-5-4-6-18(11-15)33-23(24)25/h4-11,13,23H,12H2,1-3H3,(H,26,29)(H,30,31). The second kappa shape index (κ2) is 10.1. The van der Waals surface area contributed by atoms with Crippen molar-refractivity contribution in [2.45, 2.75) is 33.1 Å². The zero-order valence-electron chi connectivity index (χ0n) is 18.2. The Labute approximate surface area is 188 Å². The van der Waals surface area contributed by atoms with Gasteiger partial charge in [-0.05, 0) is 49.2 Å². The van der Waals surface area contributed by atoms with Gasteiger partial charge in [0, 0.05) is 7.05 Å². The number of halogens is 2. The van der Waals surface area contributed by atoms with E-state index in [1.807, 2.05) is 0 Å². The predicted molar refractivity (Wildman–Crippen MR) is 115 cm³/mol. The molecular weight excluding hydrogens is 436 g/mol. The second-order valence-electron chi connectivity index (χ2n) is 7.33. The van der Waals surface area contributed by atoms with Crippen molar-refractivity contribution < 1.29 is 33.0 Å². The van der Waals surface area contributed by atoms with Crippen LogP contribution in [0.2, 0.25) is 0 Å². The van der Waals surface area contributed by atoms with Crippen LogP contribution in [-0.4, -0.2) is 33.4 Å². The quantitative estimate of drug-likeness (QED) is 0.500. The lowest BCUT2D eigenvalue weighted by atomic mass is 10.1.